The van der Waals surface area contributed by atoms with Crippen molar-refractivity contribution in [3.05, 3.63) is 29.3 Å². The van der Waals surface area contributed by atoms with Crippen molar-refractivity contribution in [3.63, 3.8) is 0 Å². The topological polar surface area (TPSA) is 6.48 Å². The molecule has 0 unspecified atom stereocenters. The minimum atomic E-state index is 1.14. The van der Waals surface area contributed by atoms with Gasteiger partial charge in [0.05, 0.1) is 0 Å². The highest BCUT2D eigenvalue weighted by Gasteiger charge is 2.14. The Bertz CT molecular complexity index is 365. The van der Waals surface area contributed by atoms with Crippen molar-refractivity contribution in [3.8, 4) is 0 Å². The van der Waals surface area contributed by atoms with Crippen LogP contribution in [0.3, 0.4) is 0 Å². The lowest BCUT2D eigenvalue weighted by atomic mass is 10.0. The SMILES string of the molecule is CCc1ccc(N2CCN(C)CC2)cc1CC. The van der Waals surface area contributed by atoms with Crippen LogP contribution in [0.1, 0.15) is 25.0 Å². The van der Waals surface area contributed by atoms with Gasteiger partial charge in [-0.15, -0.1) is 0 Å². The van der Waals surface area contributed by atoms with Crippen molar-refractivity contribution in [1.29, 1.82) is 0 Å². The van der Waals surface area contributed by atoms with Crippen molar-refractivity contribution in [2.75, 3.05) is 38.1 Å². The van der Waals surface area contributed by atoms with Gasteiger partial charge in [0.15, 0.2) is 0 Å². The Hall–Kier alpha value is -1.02. The van der Waals surface area contributed by atoms with E-state index >= 15 is 0 Å². The maximum atomic E-state index is 2.51. The van der Waals surface area contributed by atoms with E-state index < -0.39 is 0 Å². The van der Waals surface area contributed by atoms with Crippen LogP contribution in [0.2, 0.25) is 0 Å². The highest BCUT2D eigenvalue weighted by atomic mass is 15.2. The number of nitrogens with zero attached hydrogens (tertiary/aromatic N) is 2. The third-order valence-electron chi connectivity index (χ3n) is 3.82. The van der Waals surface area contributed by atoms with Gasteiger partial charge in [-0.05, 0) is 43.1 Å². The molecule has 0 N–H and O–H groups in total. The summed E-state index contributed by atoms with van der Waals surface area (Å²) in [7, 11) is 2.20. The Labute approximate surface area is 105 Å². The Morgan fingerprint density at radius 3 is 2.18 bits per heavy atom. The highest BCUT2D eigenvalue weighted by molar-refractivity contribution is 5.51. The van der Waals surface area contributed by atoms with E-state index in [1.807, 2.05) is 0 Å². The number of likely N-dealkylation sites (N-methyl/N-ethyl adjacent to an activating group) is 1. The van der Waals surface area contributed by atoms with E-state index in [0.29, 0.717) is 0 Å². The standard InChI is InChI=1S/C15H24N2/c1-4-13-6-7-15(12-14(13)5-2)17-10-8-16(3)9-11-17/h6-7,12H,4-5,8-11H2,1-3H3. The van der Waals surface area contributed by atoms with Gasteiger partial charge >= 0.3 is 0 Å². The molecule has 0 amide bonds. The molecule has 1 aliphatic heterocycles. The molecule has 1 fully saturated rings. The smallest absolute Gasteiger partial charge is 0.0370 e. The van der Waals surface area contributed by atoms with Gasteiger partial charge in [0.1, 0.15) is 0 Å². The predicted octanol–water partition coefficient (Wildman–Crippen LogP) is 2.56. The van der Waals surface area contributed by atoms with Crippen molar-refractivity contribution < 1.29 is 0 Å². The molecule has 2 heteroatoms. The molecular formula is C15H24N2. The van der Waals surface area contributed by atoms with Crippen LogP contribution < -0.4 is 4.90 Å². The summed E-state index contributed by atoms with van der Waals surface area (Å²) < 4.78 is 0. The molecule has 1 saturated heterocycles. The second-order valence-corrected chi connectivity index (χ2v) is 4.95. The van der Waals surface area contributed by atoms with Gasteiger partial charge in [0.2, 0.25) is 0 Å². The third-order valence-corrected chi connectivity index (χ3v) is 3.82. The average molecular weight is 232 g/mol. The van der Waals surface area contributed by atoms with Gasteiger partial charge in [-0.1, -0.05) is 19.9 Å². The van der Waals surface area contributed by atoms with Crippen LogP contribution in [0.5, 0.6) is 0 Å². The number of hydrogen-bond donors (Lipinski definition) is 0. The van der Waals surface area contributed by atoms with E-state index in [4.69, 9.17) is 0 Å². The predicted molar refractivity (Wildman–Crippen MR) is 74.9 cm³/mol. The van der Waals surface area contributed by atoms with Crippen molar-refractivity contribution >= 4 is 5.69 Å². The summed E-state index contributed by atoms with van der Waals surface area (Å²) in [6.07, 6.45) is 2.29. The van der Waals surface area contributed by atoms with Crippen LogP contribution in [0.4, 0.5) is 5.69 Å². The quantitative estimate of drug-likeness (QED) is 0.790. The number of hydrogen-bond acceptors (Lipinski definition) is 2. The minimum Gasteiger partial charge on any atom is -0.369 e. The molecule has 1 heterocycles. The lowest BCUT2D eigenvalue weighted by Gasteiger charge is -2.34. The summed E-state index contributed by atoms with van der Waals surface area (Å²) in [4.78, 5) is 4.91. The lowest BCUT2D eigenvalue weighted by Crippen LogP contribution is -2.44. The Morgan fingerprint density at radius 1 is 0.941 bits per heavy atom. The zero-order valence-corrected chi connectivity index (χ0v) is 11.4. The Kier molecular flexibility index (Phi) is 4.06. The molecule has 0 spiro atoms. The van der Waals surface area contributed by atoms with Crippen LogP contribution >= 0.6 is 0 Å². The van der Waals surface area contributed by atoms with E-state index in [1.165, 1.54) is 29.9 Å². The first-order valence-electron chi connectivity index (χ1n) is 6.80. The molecule has 2 rings (SSSR count). The molecule has 0 bridgehead atoms. The number of anilines is 1. The fraction of sp³-hybridized carbons (Fsp3) is 0.600. The van der Waals surface area contributed by atoms with Crippen LogP contribution in [-0.4, -0.2) is 38.1 Å². The highest BCUT2D eigenvalue weighted by Crippen LogP contribution is 2.21. The van der Waals surface area contributed by atoms with Gasteiger partial charge in [-0.3, -0.25) is 0 Å². The fourth-order valence-corrected chi connectivity index (χ4v) is 2.55. The fourth-order valence-electron chi connectivity index (χ4n) is 2.55. The summed E-state index contributed by atoms with van der Waals surface area (Å²) in [6.45, 7) is 9.16. The number of aryl methyl sites for hydroxylation is 2. The summed E-state index contributed by atoms with van der Waals surface area (Å²) in [5.41, 5.74) is 4.43. The molecule has 0 saturated carbocycles. The third kappa shape index (κ3) is 2.81. The molecule has 0 radical (unpaired) electrons. The summed E-state index contributed by atoms with van der Waals surface area (Å²) in [5, 5.41) is 0. The van der Waals surface area contributed by atoms with E-state index in [9.17, 15) is 0 Å². The van der Waals surface area contributed by atoms with E-state index in [2.05, 4.69) is 48.9 Å². The van der Waals surface area contributed by atoms with Gasteiger partial charge in [-0.25, -0.2) is 0 Å². The molecule has 0 aliphatic carbocycles. The lowest BCUT2D eigenvalue weighted by molar-refractivity contribution is 0.313. The van der Waals surface area contributed by atoms with Crippen LogP contribution in [-0.2, 0) is 12.8 Å². The summed E-state index contributed by atoms with van der Waals surface area (Å²) in [6, 6.07) is 7.00. The monoisotopic (exact) mass is 232 g/mol. The van der Waals surface area contributed by atoms with Crippen LogP contribution in [0, 0.1) is 0 Å². The normalized spacial score (nSPS) is 17.5. The molecule has 17 heavy (non-hydrogen) atoms. The van der Waals surface area contributed by atoms with Gasteiger partial charge < -0.3 is 9.80 Å². The molecule has 1 aliphatic rings. The largest absolute Gasteiger partial charge is 0.369 e. The van der Waals surface area contributed by atoms with Gasteiger partial charge in [-0.2, -0.15) is 0 Å². The molecule has 2 nitrogen and oxygen atoms in total. The van der Waals surface area contributed by atoms with Crippen molar-refractivity contribution in [2.24, 2.45) is 0 Å². The molecule has 1 aromatic carbocycles. The van der Waals surface area contributed by atoms with Gasteiger partial charge in [0.25, 0.3) is 0 Å². The second kappa shape index (κ2) is 5.54. The number of benzene rings is 1. The van der Waals surface area contributed by atoms with Crippen LogP contribution in [0.25, 0.3) is 0 Å². The van der Waals surface area contributed by atoms with Gasteiger partial charge in [0, 0.05) is 31.9 Å². The second-order valence-electron chi connectivity index (χ2n) is 4.95. The maximum Gasteiger partial charge on any atom is 0.0370 e. The molecular weight excluding hydrogens is 208 g/mol. The molecule has 1 aromatic rings. The summed E-state index contributed by atoms with van der Waals surface area (Å²) >= 11 is 0. The van der Waals surface area contributed by atoms with E-state index in [1.54, 1.807) is 0 Å². The maximum absolute atomic E-state index is 2.51. The van der Waals surface area contributed by atoms with E-state index in [-0.39, 0.29) is 0 Å². The zero-order chi connectivity index (χ0) is 12.3. The zero-order valence-electron chi connectivity index (χ0n) is 11.4. The minimum absolute atomic E-state index is 1.14. The van der Waals surface area contributed by atoms with E-state index in [0.717, 1.165) is 25.9 Å². The summed E-state index contributed by atoms with van der Waals surface area (Å²) in [5.74, 6) is 0. The molecule has 0 aromatic heterocycles. The van der Waals surface area contributed by atoms with Crippen molar-refractivity contribution in [1.82, 2.24) is 4.90 Å². The molecule has 0 atom stereocenters. The first-order chi connectivity index (χ1) is 8.24. The first kappa shape index (κ1) is 12.4. The Morgan fingerprint density at radius 2 is 1.59 bits per heavy atom. The first-order valence-corrected chi connectivity index (χ1v) is 6.80. The van der Waals surface area contributed by atoms with Crippen LogP contribution in [0.15, 0.2) is 18.2 Å². The number of piperazine rings is 1. The van der Waals surface area contributed by atoms with Crippen molar-refractivity contribution in [2.45, 2.75) is 26.7 Å². The Balaban J connectivity index is 2.16. The average Bonchev–Trinajstić information content (AvgIpc) is 2.39. The molecule has 94 valence electrons. The number of rotatable bonds is 3.